The van der Waals surface area contributed by atoms with E-state index in [0.29, 0.717) is 25.7 Å². The SMILES string of the molecule is CCC(C)CCCCCCCCCCCCCCCCC(=O)O[C@H](COC(=O)CCCCCCCCCCCCC(C)CC)COP(=O)(O)OC[C@@H](O)COP(=O)(O)OC[C@@H](COC(=O)CCCCCCCCC(C)CC)OC(=O)CCCCCCCCCCCCCCC(C)C. The van der Waals surface area contributed by atoms with Crippen molar-refractivity contribution < 1.29 is 80.2 Å². The largest absolute Gasteiger partial charge is 0.472 e. The number of unbranched alkanes of at least 4 members (excludes halogenated alkanes) is 38. The smallest absolute Gasteiger partial charge is 0.462 e. The Labute approximate surface area is 594 Å². The number of carbonyl (C=O) groups excluding carboxylic acids is 4. The Kier molecular flexibility index (Phi) is 65.9. The third-order valence-corrected chi connectivity index (χ3v) is 21.1. The van der Waals surface area contributed by atoms with Crippen molar-refractivity contribution in [3.63, 3.8) is 0 Å². The van der Waals surface area contributed by atoms with Crippen LogP contribution in [0.1, 0.15) is 396 Å². The Morgan fingerprint density at radius 2 is 0.495 bits per heavy atom. The lowest BCUT2D eigenvalue weighted by Crippen LogP contribution is -2.30. The molecule has 97 heavy (non-hydrogen) atoms. The first-order chi connectivity index (χ1) is 46.7. The third kappa shape index (κ3) is 68.3. The molecule has 0 spiro atoms. The van der Waals surface area contributed by atoms with E-state index in [1.165, 1.54) is 193 Å². The van der Waals surface area contributed by atoms with Crippen LogP contribution in [0.3, 0.4) is 0 Å². The number of rotatable bonds is 75. The summed E-state index contributed by atoms with van der Waals surface area (Å²) in [4.78, 5) is 72.9. The van der Waals surface area contributed by atoms with Gasteiger partial charge in [0, 0.05) is 25.7 Å². The topological polar surface area (TPSA) is 237 Å². The van der Waals surface area contributed by atoms with E-state index in [1.807, 2.05) is 0 Å². The van der Waals surface area contributed by atoms with Gasteiger partial charge in [0.05, 0.1) is 26.4 Å². The monoisotopic (exact) mass is 1420 g/mol. The van der Waals surface area contributed by atoms with Crippen LogP contribution >= 0.6 is 15.6 Å². The van der Waals surface area contributed by atoms with Crippen molar-refractivity contribution in [2.75, 3.05) is 39.6 Å². The second kappa shape index (κ2) is 67.2. The highest BCUT2D eigenvalue weighted by atomic mass is 31.2. The molecule has 0 aliphatic carbocycles. The molecule has 19 heteroatoms. The second-order valence-corrected chi connectivity index (χ2v) is 32.2. The first-order valence-corrected chi connectivity index (χ1v) is 43.3. The zero-order chi connectivity index (χ0) is 71.7. The van der Waals surface area contributed by atoms with Crippen LogP contribution in [0.5, 0.6) is 0 Å². The van der Waals surface area contributed by atoms with E-state index < -0.39 is 97.5 Å². The number of aliphatic hydroxyl groups is 1. The van der Waals surface area contributed by atoms with E-state index in [0.717, 1.165) is 120 Å². The maximum atomic E-state index is 13.1. The van der Waals surface area contributed by atoms with Gasteiger partial charge in [0.2, 0.25) is 0 Å². The quantitative estimate of drug-likeness (QED) is 0.0222. The van der Waals surface area contributed by atoms with Crippen molar-refractivity contribution in [3.8, 4) is 0 Å². The van der Waals surface area contributed by atoms with Crippen LogP contribution in [0, 0.1) is 23.7 Å². The molecule has 17 nitrogen and oxygen atoms in total. The molecule has 0 fully saturated rings. The van der Waals surface area contributed by atoms with Gasteiger partial charge in [-0.15, -0.1) is 0 Å². The van der Waals surface area contributed by atoms with Gasteiger partial charge in [0.1, 0.15) is 19.3 Å². The van der Waals surface area contributed by atoms with Crippen molar-refractivity contribution in [2.45, 2.75) is 414 Å². The third-order valence-electron chi connectivity index (χ3n) is 19.2. The molecule has 0 aromatic carbocycles. The molecule has 0 amide bonds. The van der Waals surface area contributed by atoms with Crippen LogP contribution in [0.15, 0.2) is 0 Å². The van der Waals surface area contributed by atoms with Gasteiger partial charge in [-0.2, -0.15) is 0 Å². The fourth-order valence-electron chi connectivity index (χ4n) is 11.8. The van der Waals surface area contributed by atoms with Gasteiger partial charge >= 0.3 is 39.5 Å². The fourth-order valence-corrected chi connectivity index (χ4v) is 13.4. The molecular weight excluding hydrogens is 1270 g/mol. The number of aliphatic hydroxyl groups excluding tert-OH is 1. The zero-order valence-electron chi connectivity index (χ0n) is 63.7. The Morgan fingerprint density at radius 1 is 0.289 bits per heavy atom. The van der Waals surface area contributed by atoms with E-state index in [2.05, 4.69) is 55.4 Å². The normalized spacial score (nSPS) is 14.9. The number of ether oxygens (including phenoxy) is 4. The molecule has 5 unspecified atom stereocenters. The maximum absolute atomic E-state index is 13.1. The van der Waals surface area contributed by atoms with Crippen LogP contribution in [0.25, 0.3) is 0 Å². The molecule has 8 atom stereocenters. The van der Waals surface area contributed by atoms with Crippen LogP contribution in [0.4, 0.5) is 0 Å². The summed E-state index contributed by atoms with van der Waals surface area (Å²) in [5, 5.41) is 10.6. The standard InChI is InChI=1S/C78H152O17P2/c1-9-69(6)55-47-39-31-25-19-14-12-13-15-20-28-34-44-52-60-77(82)94-73(64-88-75(80)58-50-42-33-27-23-22-26-32-40-48-56-70(7)10-2)66-92-96(84,85)90-62-72(79)63-91-97(86,87)93-67-74(65-89-76(81)59-51-43-37-36-41-49-57-71(8)11-3)95-78(83)61-53-45-35-29-21-17-16-18-24-30-38-46-54-68(4)5/h68-74,79H,9-67H2,1-8H3,(H,84,85)(H,86,87)/t69?,70?,71?,72-,73-,74-/m1/s1. The number of phosphoric ester groups is 2. The molecule has 0 radical (unpaired) electrons. The molecule has 0 saturated heterocycles. The molecule has 3 N–H and O–H groups in total. The van der Waals surface area contributed by atoms with E-state index in [4.69, 9.17) is 37.0 Å². The van der Waals surface area contributed by atoms with Crippen molar-refractivity contribution in [2.24, 2.45) is 23.7 Å². The Balaban J connectivity index is 5.26. The summed E-state index contributed by atoms with van der Waals surface area (Å²) in [5.41, 5.74) is 0. The Morgan fingerprint density at radius 3 is 0.732 bits per heavy atom. The maximum Gasteiger partial charge on any atom is 0.472 e. The van der Waals surface area contributed by atoms with Crippen molar-refractivity contribution in [3.05, 3.63) is 0 Å². The molecule has 0 aliphatic rings. The van der Waals surface area contributed by atoms with Crippen molar-refractivity contribution in [1.29, 1.82) is 0 Å². The minimum Gasteiger partial charge on any atom is -0.462 e. The lowest BCUT2D eigenvalue weighted by atomic mass is 9.99. The molecule has 0 bridgehead atoms. The van der Waals surface area contributed by atoms with Gasteiger partial charge < -0.3 is 33.8 Å². The molecule has 0 aliphatic heterocycles. The average Bonchev–Trinajstić information content (AvgIpc) is 1.37. The number of hydrogen-bond donors (Lipinski definition) is 3. The van der Waals surface area contributed by atoms with Crippen LogP contribution in [0.2, 0.25) is 0 Å². The average molecular weight is 1420 g/mol. The lowest BCUT2D eigenvalue weighted by Gasteiger charge is -2.21. The van der Waals surface area contributed by atoms with Gasteiger partial charge in [0.15, 0.2) is 12.2 Å². The molecule has 0 heterocycles. The summed E-state index contributed by atoms with van der Waals surface area (Å²) < 4.78 is 68.6. The zero-order valence-corrected chi connectivity index (χ0v) is 65.5. The molecule has 0 rings (SSSR count). The number of esters is 4. The predicted molar refractivity (Wildman–Crippen MR) is 395 cm³/mol. The van der Waals surface area contributed by atoms with E-state index in [1.54, 1.807) is 0 Å². The molecular formula is C78H152O17P2. The molecule has 576 valence electrons. The highest BCUT2D eigenvalue weighted by Gasteiger charge is 2.30. The van der Waals surface area contributed by atoms with Crippen molar-refractivity contribution >= 4 is 39.5 Å². The van der Waals surface area contributed by atoms with Crippen LogP contribution < -0.4 is 0 Å². The summed E-state index contributed by atoms with van der Waals surface area (Å²) in [6.07, 6.45) is 52.5. The summed E-state index contributed by atoms with van der Waals surface area (Å²) in [6.45, 7) is 14.3. The van der Waals surface area contributed by atoms with Gasteiger partial charge in [0.25, 0.3) is 0 Å². The van der Waals surface area contributed by atoms with Crippen LogP contribution in [-0.2, 0) is 65.4 Å². The highest BCUT2D eigenvalue weighted by molar-refractivity contribution is 7.47. The Bertz CT molecular complexity index is 1910. The Hall–Kier alpha value is -1.94. The number of carbonyl (C=O) groups is 4. The summed E-state index contributed by atoms with van der Waals surface area (Å²) >= 11 is 0. The number of phosphoric acid groups is 2. The second-order valence-electron chi connectivity index (χ2n) is 29.3. The lowest BCUT2D eigenvalue weighted by molar-refractivity contribution is -0.161. The highest BCUT2D eigenvalue weighted by Crippen LogP contribution is 2.45. The summed E-state index contributed by atoms with van der Waals surface area (Å²) in [5.74, 6) is 1.04. The first-order valence-electron chi connectivity index (χ1n) is 40.3. The first kappa shape index (κ1) is 95.1. The van der Waals surface area contributed by atoms with Gasteiger partial charge in [-0.3, -0.25) is 37.3 Å². The molecule has 0 saturated carbocycles. The fraction of sp³-hybridized carbons (Fsp3) is 0.949. The van der Waals surface area contributed by atoms with Gasteiger partial charge in [-0.1, -0.05) is 344 Å². The minimum atomic E-state index is -4.96. The van der Waals surface area contributed by atoms with E-state index >= 15 is 0 Å². The summed E-state index contributed by atoms with van der Waals surface area (Å²) in [7, 11) is -9.92. The van der Waals surface area contributed by atoms with E-state index in [9.17, 15) is 43.2 Å². The van der Waals surface area contributed by atoms with Gasteiger partial charge in [-0.05, 0) is 49.4 Å². The number of hydrogen-bond acceptors (Lipinski definition) is 15. The molecule has 0 aromatic heterocycles. The minimum absolute atomic E-state index is 0.106. The predicted octanol–water partition coefficient (Wildman–Crippen LogP) is 22.8. The molecule has 0 aromatic rings. The van der Waals surface area contributed by atoms with Gasteiger partial charge in [-0.25, -0.2) is 9.13 Å². The van der Waals surface area contributed by atoms with E-state index in [-0.39, 0.29) is 25.7 Å². The van der Waals surface area contributed by atoms with Crippen LogP contribution in [-0.4, -0.2) is 96.7 Å². The summed E-state index contributed by atoms with van der Waals surface area (Å²) in [6, 6.07) is 0. The van der Waals surface area contributed by atoms with Crippen molar-refractivity contribution in [1.82, 2.24) is 0 Å².